The molecule has 1 unspecified atom stereocenters. The maximum Gasteiger partial charge on any atom is 0.153 e. The van der Waals surface area contributed by atoms with E-state index in [1.54, 1.807) is 7.05 Å². The lowest BCUT2D eigenvalue weighted by Crippen LogP contribution is -2.05. The summed E-state index contributed by atoms with van der Waals surface area (Å²) in [6.45, 7) is 16.6. The molecule has 33 heavy (non-hydrogen) atoms. The summed E-state index contributed by atoms with van der Waals surface area (Å²) in [6, 6.07) is 11.5. The summed E-state index contributed by atoms with van der Waals surface area (Å²) in [5, 5.41) is 0. The summed E-state index contributed by atoms with van der Waals surface area (Å²) in [7, 11) is 1.66. The molecule has 2 aromatic carbocycles. The molecule has 0 bridgehead atoms. The highest BCUT2D eigenvalue weighted by Crippen LogP contribution is 2.32. The topological polar surface area (TPSA) is 37.1 Å². The molecule has 3 nitrogen and oxygen atoms in total. The van der Waals surface area contributed by atoms with Gasteiger partial charge in [0.25, 0.3) is 0 Å². The van der Waals surface area contributed by atoms with Gasteiger partial charge in [-0.2, -0.15) is 0 Å². The van der Waals surface area contributed by atoms with E-state index in [2.05, 4.69) is 49.4 Å². The van der Waals surface area contributed by atoms with Gasteiger partial charge in [-0.05, 0) is 42.7 Å². The van der Waals surface area contributed by atoms with Gasteiger partial charge in [0, 0.05) is 18.3 Å². The van der Waals surface area contributed by atoms with E-state index in [0.29, 0.717) is 23.4 Å². The van der Waals surface area contributed by atoms with Crippen molar-refractivity contribution in [3.63, 3.8) is 0 Å². The van der Waals surface area contributed by atoms with Gasteiger partial charge in [-0.15, -0.1) is 0 Å². The van der Waals surface area contributed by atoms with Crippen LogP contribution in [0.5, 0.6) is 0 Å². The van der Waals surface area contributed by atoms with Crippen molar-refractivity contribution in [2.24, 2.45) is 20.4 Å². The number of rotatable bonds is 5. The molecule has 0 radical (unpaired) electrons. The third-order valence-electron chi connectivity index (χ3n) is 6.05. The van der Waals surface area contributed by atoms with Crippen molar-refractivity contribution in [1.29, 1.82) is 0 Å². The summed E-state index contributed by atoms with van der Waals surface area (Å²) in [5.74, 6) is -0.554. The van der Waals surface area contributed by atoms with Crippen LogP contribution in [-0.2, 0) is 0 Å². The lowest BCUT2D eigenvalue weighted by Gasteiger charge is -2.18. The molecule has 0 aromatic heterocycles. The number of hydrogen-bond donors (Lipinski definition) is 0. The molecule has 3 rings (SSSR count). The highest BCUT2D eigenvalue weighted by molar-refractivity contribution is 6.02. The molecule has 0 saturated heterocycles. The van der Waals surface area contributed by atoms with Crippen LogP contribution < -0.4 is 0 Å². The fraction of sp³-hybridized carbons (Fsp3) is 0.464. The molecule has 1 atom stereocenters. The number of aliphatic imine (C=N–C) groups is 3. The Kier molecular flexibility index (Phi) is 11.8. The summed E-state index contributed by atoms with van der Waals surface area (Å²) in [5.41, 5.74) is 2.94. The van der Waals surface area contributed by atoms with E-state index in [0.717, 1.165) is 17.5 Å². The second kappa shape index (κ2) is 13.8. The van der Waals surface area contributed by atoms with Crippen molar-refractivity contribution in [3.05, 3.63) is 70.8 Å². The Bertz CT molecular complexity index is 918. The van der Waals surface area contributed by atoms with Crippen LogP contribution in [0.3, 0.4) is 0 Å². The first kappa shape index (κ1) is 28.3. The van der Waals surface area contributed by atoms with Crippen LogP contribution in [0.15, 0.2) is 57.4 Å². The second-order valence-electron chi connectivity index (χ2n) is 8.43. The molecule has 0 amide bonds. The van der Waals surface area contributed by atoms with Gasteiger partial charge in [-0.3, -0.25) is 9.98 Å². The fourth-order valence-electron chi connectivity index (χ4n) is 3.19. The van der Waals surface area contributed by atoms with Gasteiger partial charge >= 0.3 is 0 Å². The number of amidine groups is 1. The van der Waals surface area contributed by atoms with Gasteiger partial charge < -0.3 is 0 Å². The Morgan fingerprint density at radius 2 is 1.58 bits per heavy atom. The lowest BCUT2D eigenvalue weighted by molar-refractivity contribution is 0.338. The average Bonchev–Trinajstić information content (AvgIpc) is 3.32. The Labute approximate surface area is 198 Å². The second-order valence-corrected chi connectivity index (χ2v) is 8.43. The highest BCUT2D eigenvalue weighted by atomic mass is 19.1. The quantitative estimate of drug-likeness (QED) is 0.322. The Morgan fingerprint density at radius 3 is 2.00 bits per heavy atom. The number of nitrogens with zero attached hydrogens (tertiary/aromatic N) is 3. The van der Waals surface area contributed by atoms with E-state index in [9.17, 15) is 8.78 Å². The minimum atomic E-state index is -0.564. The van der Waals surface area contributed by atoms with Crippen molar-refractivity contribution in [2.75, 3.05) is 7.05 Å². The standard InChI is InChI=1S/C19H17F2N3.C7H16.C2H6/c1-22-19(23-2)13-8-6-12(7-9-13)16-10-11-17(24-16)18-14(20)4-3-5-15(18)21;1-5-7(3,4)6-2;1-2/h3-9,16H,1,10-11H2,2H3;5-6H2,1-4H3;1-2H3. The van der Waals surface area contributed by atoms with Crippen molar-refractivity contribution in [2.45, 2.75) is 73.3 Å². The summed E-state index contributed by atoms with van der Waals surface area (Å²) >= 11 is 0. The van der Waals surface area contributed by atoms with Crippen molar-refractivity contribution in [3.8, 4) is 0 Å². The molecule has 2 aromatic rings. The summed E-state index contributed by atoms with van der Waals surface area (Å²) in [6.07, 6.45) is 3.88. The van der Waals surface area contributed by atoms with Crippen LogP contribution in [0.4, 0.5) is 8.78 Å². The largest absolute Gasteiger partial charge is 0.281 e. The summed E-state index contributed by atoms with van der Waals surface area (Å²) in [4.78, 5) is 12.5. The molecule has 5 heteroatoms. The Hall–Kier alpha value is -2.69. The molecule has 0 aliphatic carbocycles. The molecule has 1 heterocycles. The smallest absolute Gasteiger partial charge is 0.153 e. The SMILES string of the molecule is C=NC(=NC)c1ccc(C2CCC(c3c(F)cccc3F)=N2)cc1.CC.CCC(C)(C)CC. The van der Waals surface area contributed by atoms with Crippen LogP contribution >= 0.6 is 0 Å². The molecule has 0 saturated carbocycles. The van der Waals surface area contributed by atoms with Crippen LogP contribution in [0.25, 0.3) is 0 Å². The van der Waals surface area contributed by atoms with Crippen LogP contribution in [-0.4, -0.2) is 25.3 Å². The molecule has 1 aliphatic rings. The van der Waals surface area contributed by atoms with E-state index in [1.807, 2.05) is 38.1 Å². The molecular formula is C28H39F2N3. The number of hydrogen-bond acceptors (Lipinski definition) is 2. The monoisotopic (exact) mass is 455 g/mol. The molecule has 180 valence electrons. The maximum absolute atomic E-state index is 13.9. The zero-order chi connectivity index (χ0) is 25.0. The summed E-state index contributed by atoms with van der Waals surface area (Å²) < 4.78 is 27.8. The fourth-order valence-corrected chi connectivity index (χ4v) is 3.19. The van der Waals surface area contributed by atoms with Gasteiger partial charge in [-0.1, -0.05) is 84.7 Å². The lowest BCUT2D eigenvalue weighted by atomic mass is 9.88. The number of halogens is 2. The molecular weight excluding hydrogens is 416 g/mol. The predicted octanol–water partition coefficient (Wildman–Crippen LogP) is 8.22. The minimum absolute atomic E-state index is 0.00659. The van der Waals surface area contributed by atoms with Gasteiger partial charge in [0.15, 0.2) is 5.84 Å². The first-order chi connectivity index (χ1) is 15.8. The third-order valence-corrected chi connectivity index (χ3v) is 6.05. The zero-order valence-electron chi connectivity index (χ0n) is 21.3. The molecule has 0 fully saturated rings. The molecule has 0 N–H and O–H groups in total. The molecule has 1 aliphatic heterocycles. The van der Waals surface area contributed by atoms with E-state index in [1.165, 1.54) is 31.0 Å². The Balaban J connectivity index is 0.000000520. The van der Waals surface area contributed by atoms with Crippen molar-refractivity contribution < 1.29 is 8.78 Å². The normalized spacial score (nSPS) is 15.6. The van der Waals surface area contributed by atoms with E-state index in [-0.39, 0.29) is 11.6 Å². The van der Waals surface area contributed by atoms with Gasteiger partial charge in [0.05, 0.1) is 11.6 Å². The van der Waals surface area contributed by atoms with Crippen LogP contribution in [0, 0.1) is 17.0 Å². The number of benzene rings is 2. The van der Waals surface area contributed by atoms with E-state index >= 15 is 0 Å². The van der Waals surface area contributed by atoms with Crippen molar-refractivity contribution >= 4 is 18.3 Å². The molecule has 0 spiro atoms. The van der Waals surface area contributed by atoms with Crippen LogP contribution in [0.2, 0.25) is 0 Å². The maximum atomic E-state index is 13.9. The van der Waals surface area contributed by atoms with Gasteiger partial charge in [-0.25, -0.2) is 13.8 Å². The average molecular weight is 456 g/mol. The predicted molar refractivity (Wildman–Crippen MR) is 139 cm³/mol. The van der Waals surface area contributed by atoms with E-state index < -0.39 is 11.6 Å². The Morgan fingerprint density at radius 1 is 1.03 bits per heavy atom. The highest BCUT2D eigenvalue weighted by Gasteiger charge is 2.24. The first-order valence-electron chi connectivity index (χ1n) is 11.8. The van der Waals surface area contributed by atoms with Gasteiger partial charge in [0.1, 0.15) is 11.6 Å². The van der Waals surface area contributed by atoms with E-state index in [4.69, 9.17) is 0 Å². The van der Waals surface area contributed by atoms with Crippen molar-refractivity contribution in [1.82, 2.24) is 0 Å². The third kappa shape index (κ3) is 7.99. The van der Waals surface area contributed by atoms with Crippen LogP contribution in [0.1, 0.15) is 90.0 Å². The zero-order valence-corrected chi connectivity index (χ0v) is 21.3. The first-order valence-corrected chi connectivity index (χ1v) is 11.8. The minimum Gasteiger partial charge on any atom is -0.281 e. The van der Waals surface area contributed by atoms with Gasteiger partial charge in [0.2, 0.25) is 0 Å².